The number of amides is 1. The van der Waals surface area contributed by atoms with Gasteiger partial charge in [0.2, 0.25) is 5.91 Å². The number of methoxy groups -OCH3 is 1. The minimum absolute atomic E-state index is 0.0178. The van der Waals surface area contributed by atoms with E-state index in [2.05, 4.69) is 24.4 Å². The van der Waals surface area contributed by atoms with Crippen LogP contribution in [-0.4, -0.2) is 25.0 Å². The SMILES string of the molecule is CC=CC[C@H]1CC[C@H](NC(=O)Cc2ccc(OC(C)=O)c(OC)c2)CC1. The number of esters is 1. The van der Waals surface area contributed by atoms with Crippen molar-refractivity contribution in [2.45, 2.75) is 58.4 Å². The molecule has 0 heterocycles. The lowest BCUT2D eigenvalue weighted by atomic mass is 9.84. The molecule has 0 spiro atoms. The molecular weight excluding hydrogens is 330 g/mol. The van der Waals surface area contributed by atoms with Gasteiger partial charge in [0.25, 0.3) is 0 Å². The molecule has 1 fully saturated rings. The number of hydrogen-bond acceptors (Lipinski definition) is 4. The number of benzene rings is 1. The van der Waals surface area contributed by atoms with E-state index >= 15 is 0 Å². The van der Waals surface area contributed by atoms with Crippen molar-refractivity contribution in [1.29, 1.82) is 0 Å². The van der Waals surface area contributed by atoms with Gasteiger partial charge in [-0.3, -0.25) is 9.59 Å². The highest BCUT2D eigenvalue weighted by Gasteiger charge is 2.21. The average molecular weight is 359 g/mol. The maximum Gasteiger partial charge on any atom is 0.308 e. The zero-order chi connectivity index (χ0) is 18.9. The summed E-state index contributed by atoms with van der Waals surface area (Å²) >= 11 is 0. The van der Waals surface area contributed by atoms with Crippen LogP contribution in [0.5, 0.6) is 11.5 Å². The maximum atomic E-state index is 12.3. The first-order valence-electron chi connectivity index (χ1n) is 9.27. The van der Waals surface area contributed by atoms with Crippen molar-refractivity contribution in [3.05, 3.63) is 35.9 Å². The summed E-state index contributed by atoms with van der Waals surface area (Å²) in [5.74, 6) is 1.18. The normalized spacial score (nSPS) is 20.0. The van der Waals surface area contributed by atoms with E-state index in [0.29, 0.717) is 11.5 Å². The lowest BCUT2D eigenvalue weighted by Crippen LogP contribution is -2.38. The highest BCUT2D eigenvalue weighted by Crippen LogP contribution is 2.29. The van der Waals surface area contributed by atoms with E-state index in [0.717, 1.165) is 30.7 Å². The van der Waals surface area contributed by atoms with Crippen molar-refractivity contribution < 1.29 is 19.1 Å². The zero-order valence-electron chi connectivity index (χ0n) is 15.9. The van der Waals surface area contributed by atoms with Crippen molar-refractivity contribution in [2.24, 2.45) is 5.92 Å². The molecule has 0 unspecified atom stereocenters. The van der Waals surface area contributed by atoms with Crippen LogP contribution in [0.2, 0.25) is 0 Å². The number of carbonyl (C=O) groups is 2. The molecule has 142 valence electrons. The Morgan fingerprint density at radius 1 is 1.19 bits per heavy atom. The van der Waals surface area contributed by atoms with Crippen molar-refractivity contribution in [1.82, 2.24) is 5.32 Å². The third-order valence-electron chi connectivity index (χ3n) is 4.76. The maximum absolute atomic E-state index is 12.3. The minimum atomic E-state index is -0.404. The summed E-state index contributed by atoms with van der Waals surface area (Å²) in [6.07, 6.45) is 10.2. The number of hydrogen-bond donors (Lipinski definition) is 1. The summed E-state index contributed by atoms with van der Waals surface area (Å²) < 4.78 is 10.3. The minimum Gasteiger partial charge on any atom is -0.493 e. The van der Waals surface area contributed by atoms with Crippen molar-refractivity contribution in [3.63, 3.8) is 0 Å². The van der Waals surface area contributed by atoms with Crippen LogP contribution >= 0.6 is 0 Å². The standard InChI is InChI=1S/C21H29NO4/c1-4-5-6-16-7-10-18(11-8-16)22-21(24)14-17-9-12-19(26-15(2)23)20(13-17)25-3/h4-5,9,12-13,16,18H,6-8,10-11,14H2,1-3H3,(H,22,24)/t16-,18-. The highest BCUT2D eigenvalue weighted by molar-refractivity contribution is 5.79. The van der Waals surface area contributed by atoms with Gasteiger partial charge < -0.3 is 14.8 Å². The van der Waals surface area contributed by atoms with Gasteiger partial charge in [0, 0.05) is 13.0 Å². The molecule has 26 heavy (non-hydrogen) atoms. The molecule has 1 amide bonds. The molecule has 0 aliphatic heterocycles. The number of allylic oxidation sites excluding steroid dienone is 2. The number of carbonyl (C=O) groups excluding carboxylic acids is 2. The lowest BCUT2D eigenvalue weighted by molar-refractivity contribution is -0.132. The monoisotopic (exact) mass is 359 g/mol. The Kier molecular flexibility index (Phi) is 7.70. The van der Waals surface area contributed by atoms with Gasteiger partial charge in [0.1, 0.15) is 0 Å². The average Bonchev–Trinajstić information content (AvgIpc) is 2.62. The van der Waals surface area contributed by atoms with Crippen molar-refractivity contribution in [2.75, 3.05) is 7.11 Å². The third kappa shape index (κ3) is 6.21. The first-order chi connectivity index (χ1) is 12.5. The van der Waals surface area contributed by atoms with E-state index in [1.165, 1.54) is 26.9 Å². The van der Waals surface area contributed by atoms with Gasteiger partial charge in [0.15, 0.2) is 11.5 Å². The fraction of sp³-hybridized carbons (Fsp3) is 0.524. The largest absolute Gasteiger partial charge is 0.493 e. The number of ether oxygens (including phenoxy) is 2. The summed E-state index contributed by atoms with van der Waals surface area (Å²) in [6.45, 7) is 3.40. The quantitative estimate of drug-likeness (QED) is 0.457. The zero-order valence-corrected chi connectivity index (χ0v) is 15.9. The molecule has 0 bridgehead atoms. The van der Waals surface area contributed by atoms with Gasteiger partial charge in [-0.2, -0.15) is 0 Å². The Morgan fingerprint density at radius 3 is 2.54 bits per heavy atom. The molecule has 1 aromatic carbocycles. The molecule has 0 aromatic heterocycles. The van der Waals surface area contributed by atoms with Gasteiger partial charge in [-0.25, -0.2) is 0 Å². The van der Waals surface area contributed by atoms with E-state index in [1.54, 1.807) is 18.2 Å². The van der Waals surface area contributed by atoms with Crippen LogP contribution in [0.4, 0.5) is 0 Å². The molecule has 0 saturated heterocycles. The summed E-state index contributed by atoms with van der Waals surface area (Å²) in [4.78, 5) is 23.4. The smallest absolute Gasteiger partial charge is 0.308 e. The fourth-order valence-electron chi connectivity index (χ4n) is 3.40. The molecule has 1 aliphatic rings. The van der Waals surface area contributed by atoms with Crippen LogP contribution in [0.3, 0.4) is 0 Å². The molecule has 0 atom stereocenters. The summed E-state index contributed by atoms with van der Waals surface area (Å²) in [5, 5.41) is 3.15. The highest BCUT2D eigenvalue weighted by atomic mass is 16.6. The van der Waals surface area contributed by atoms with Crippen LogP contribution < -0.4 is 14.8 Å². The van der Waals surface area contributed by atoms with Gasteiger partial charge in [-0.1, -0.05) is 18.2 Å². The Bertz CT molecular complexity index is 645. The molecule has 5 nitrogen and oxygen atoms in total. The Hall–Kier alpha value is -2.30. The Morgan fingerprint density at radius 2 is 1.92 bits per heavy atom. The summed E-state index contributed by atoms with van der Waals surface area (Å²) in [7, 11) is 1.51. The lowest BCUT2D eigenvalue weighted by Gasteiger charge is -2.28. The molecule has 1 aromatic rings. The van der Waals surface area contributed by atoms with E-state index < -0.39 is 5.97 Å². The van der Waals surface area contributed by atoms with Crippen LogP contribution in [-0.2, 0) is 16.0 Å². The van der Waals surface area contributed by atoms with Crippen molar-refractivity contribution in [3.8, 4) is 11.5 Å². The predicted octanol–water partition coefficient (Wildman–Crippen LogP) is 3.80. The van der Waals surface area contributed by atoms with Gasteiger partial charge in [-0.15, -0.1) is 0 Å². The topological polar surface area (TPSA) is 64.6 Å². The summed E-state index contributed by atoms with van der Waals surface area (Å²) in [6, 6.07) is 5.46. The molecule has 1 N–H and O–H groups in total. The number of rotatable bonds is 7. The van der Waals surface area contributed by atoms with Crippen molar-refractivity contribution >= 4 is 11.9 Å². The van der Waals surface area contributed by atoms with Gasteiger partial charge in [0.05, 0.1) is 13.5 Å². The molecular formula is C21H29NO4. The van der Waals surface area contributed by atoms with Gasteiger partial charge >= 0.3 is 5.97 Å². The van der Waals surface area contributed by atoms with E-state index in [9.17, 15) is 9.59 Å². The van der Waals surface area contributed by atoms with Crippen LogP contribution in [0.25, 0.3) is 0 Å². The molecule has 0 radical (unpaired) electrons. The Balaban J connectivity index is 1.85. The van der Waals surface area contributed by atoms with Crippen LogP contribution in [0, 0.1) is 5.92 Å². The van der Waals surface area contributed by atoms with Crippen LogP contribution in [0.1, 0.15) is 51.5 Å². The first kappa shape index (κ1) is 20.0. The number of nitrogens with one attached hydrogen (secondary N) is 1. The van der Waals surface area contributed by atoms with E-state index in [4.69, 9.17) is 9.47 Å². The molecule has 1 aliphatic carbocycles. The van der Waals surface area contributed by atoms with E-state index in [1.807, 2.05) is 0 Å². The predicted molar refractivity (Wildman–Crippen MR) is 101 cm³/mol. The third-order valence-corrected chi connectivity index (χ3v) is 4.76. The van der Waals surface area contributed by atoms with E-state index in [-0.39, 0.29) is 18.4 Å². The first-order valence-corrected chi connectivity index (χ1v) is 9.27. The molecule has 1 saturated carbocycles. The Labute approximate surface area is 155 Å². The second-order valence-corrected chi connectivity index (χ2v) is 6.85. The second kappa shape index (κ2) is 10.00. The molecule has 5 heteroatoms. The second-order valence-electron chi connectivity index (χ2n) is 6.85. The molecule has 2 rings (SSSR count). The fourth-order valence-corrected chi connectivity index (χ4v) is 3.40. The summed E-state index contributed by atoms with van der Waals surface area (Å²) in [5.41, 5.74) is 0.831. The van der Waals surface area contributed by atoms with Crippen LogP contribution in [0.15, 0.2) is 30.4 Å². The van der Waals surface area contributed by atoms with Gasteiger partial charge in [-0.05, 0) is 62.6 Å².